The number of benzene rings is 1. The number of hydrogen-bond acceptors (Lipinski definition) is 3. The van der Waals surface area contributed by atoms with Crippen LogP contribution in [0.1, 0.15) is 16.8 Å². The third kappa shape index (κ3) is 2.59. The van der Waals surface area contributed by atoms with Gasteiger partial charge in [-0.3, -0.25) is 14.9 Å². The summed E-state index contributed by atoms with van der Waals surface area (Å²) in [5, 5.41) is 10.5. The molecular formula is C12H10F2N2O3. The van der Waals surface area contributed by atoms with Crippen LogP contribution >= 0.6 is 0 Å². The van der Waals surface area contributed by atoms with Gasteiger partial charge < -0.3 is 4.90 Å². The Balaban J connectivity index is 2.35. The third-order valence-electron chi connectivity index (χ3n) is 2.81. The number of hydrogen-bond donors (Lipinski definition) is 0. The summed E-state index contributed by atoms with van der Waals surface area (Å²) in [6.45, 7) is 0.726. The lowest BCUT2D eigenvalue weighted by atomic mass is 10.1. The molecule has 7 heteroatoms. The maximum Gasteiger partial charge on any atom is 0.307 e. The molecule has 1 aliphatic heterocycles. The number of nitrogens with zero attached hydrogens (tertiary/aromatic N) is 2. The van der Waals surface area contributed by atoms with E-state index in [2.05, 4.69) is 0 Å². The molecule has 1 aromatic rings. The van der Waals surface area contributed by atoms with E-state index in [1.807, 2.05) is 6.08 Å². The van der Waals surface area contributed by atoms with E-state index in [0.29, 0.717) is 31.6 Å². The first-order valence-electron chi connectivity index (χ1n) is 5.58. The highest BCUT2D eigenvalue weighted by Crippen LogP contribution is 2.22. The summed E-state index contributed by atoms with van der Waals surface area (Å²) in [4.78, 5) is 22.7. The van der Waals surface area contributed by atoms with Crippen molar-refractivity contribution in [1.82, 2.24) is 4.90 Å². The molecule has 0 radical (unpaired) electrons. The Morgan fingerprint density at radius 2 is 2.00 bits per heavy atom. The van der Waals surface area contributed by atoms with Crippen LogP contribution in [0.5, 0.6) is 0 Å². The lowest BCUT2D eigenvalue weighted by Gasteiger charge is -2.23. The molecule has 0 bridgehead atoms. The van der Waals surface area contributed by atoms with Crippen molar-refractivity contribution in [1.29, 1.82) is 0 Å². The van der Waals surface area contributed by atoms with Crippen molar-refractivity contribution in [2.75, 3.05) is 13.1 Å². The second kappa shape index (κ2) is 5.13. The Morgan fingerprint density at radius 1 is 1.26 bits per heavy atom. The Bertz CT molecular complexity index is 572. The number of nitro groups is 1. The quantitative estimate of drug-likeness (QED) is 0.469. The van der Waals surface area contributed by atoms with Crippen molar-refractivity contribution >= 4 is 11.6 Å². The van der Waals surface area contributed by atoms with Gasteiger partial charge in [-0.15, -0.1) is 0 Å². The molecule has 0 unspecified atom stereocenters. The molecule has 1 heterocycles. The van der Waals surface area contributed by atoms with Crippen molar-refractivity contribution in [3.05, 3.63) is 51.6 Å². The highest BCUT2D eigenvalue weighted by atomic mass is 19.1. The van der Waals surface area contributed by atoms with Gasteiger partial charge in [0.05, 0.1) is 16.6 Å². The maximum atomic E-state index is 13.7. The van der Waals surface area contributed by atoms with Crippen LogP contribution in [0.15, 0.2) is 24.3 Å². The predicted octanol–water partition coefficient (Wildman–Crippen LogP) is 2.28. The number of carbonyl (C=O) groups is 1. The molecule has 1 aromatic carbocycles. The van der Waals surface area contributed by atoms with Crippen molar-refractivity contribution in [2.24, 2.45) is 0 Å². The monoisotopic (exact) mass is 268 g/mol. The van der Waals surface area contributed by atoms with Gasteiger partial charge in [-0.1, -0.05) is 12.2 Å². The molecule has 1 aliphatic rings. The number of halogens is 2. The standard InChI is InChI=1S/C12H10F2N2O3/c13-9-7-11(16(18)19)10(14)6-8(9)12(17)15-4-2-1-3-5-15/h1-2,6-7H,3-5H2. The van der Waals surface area contributed by atoms with E-state index >= 15 is 0 Å². The lowest BCUT2D eigenvalue weighted by Crippen LogP contribution is -2.34. The summed E-state index contributed by atoms with van der Waals surface area (Å²) in [5.74, 6) is -2.98. The number of nitro benzene ring substituents is 1. The summed E-state index contributed by atoms with van der Waals surface area (Å²) in [5.41, 5.74) is -1.47. The van der Waals surface area contributed by atoms with Crippen molar-refractivity contribution < 1.29 is 18.5 Å². The average molecular weight is 268 g/mol. The van der Waals surface area contributed by atoms with E-state index in [-0.39, 0.29) is 0 Å². The van der Waals surface area contributed by atoms with Crippen molar-refractivity contribution in [2.45, 2.75) is 6.42 Å². The highest BCUT2D eigenvalue weighted by molar-refractivity contribution is 5.95. The van der Waals surface area contributed by atoms with E-state index in [1.165, 1.54) is 4.90 Å². The largest absolute Gasteiger partial charge is 0.335 e. The molecule has 100 valence electrons. The van der Waals surface area contributed by atoms with E-state index in [0.717, 1.165) is 0 Å². The molecule has 0 aromatic heterocycles. The smallest absolute Gasteiger partial charge is 0.307 e. The van der Waals surface area contributed by atoms with Crippen LogP contribution in [0, 0.1) is 21.7 Å². The summed E-state index contributed by atoms with van der Waals surface area (Å²) < 4.78 is 27.1. The molecule has 0 saturated heterocycles. The molecule has 0 atom stereocenters. The van der Waals surface area contributed by atoms with Crippen molar-refractivity contribution in [3.8, 4) is 0 Å². The number of amides is 1. The third-order valence-corrected chi connectivity index (χ3v) is 2.81. The first-order valence-corrected chi connectivity index (χ1v) is 5.58. The molecule has 0 aliphatic carbocycles. The average Bonchev–Trinajstić information content (AvgIpc) is 2.41. The topological polar surface area (TPSA) is 63.4 Å². The minimum absolute atomic E-state index is 0.316. The summed E-state index contributed by atoms with van der Waals surface area (Å²) >= 11 is 0. The van der Waals surface area contributed by atoms with Gasteiger partial charge >= 0.3 is 5.69 Å². The van der Waals surface area contributed by atoms with Gasteiger partial charge in [-0.05, 0) is 12.5 Å². The van der Waals surface area contributed by atoms with E-state index < -0.39 is 33.7 Å². The Hall–Kier alpha value is -2.31. The van der Waals surface area contributed by atoms with Gasteiger partial charge in [0.1, 0.15) is 5.82 Å². The lowest BCUT2D eigenvalue weighted by molar-refractivity contribution is -0.387. The van der Waals surface area contributed by atoms with Gasteiger partial charge in [0.2, 0.25) is 5.82 Å². The summed E-state index contributed by atoms with van der Waals surface area (Å²) in [6, 6.07) is 1.01. The fourth-order valence-electron chi connectivity index (χ4n) is 1.84. The van der Waals surface area contributed by atoms with E-state index in [4.69, 9.17) is 0 Å². The first kappa shape index (κ1) is 13.1. The Morgan fingerprint density at radius 3 is 2.58 bits per heavy atom. The van der Waals surface area contributed by atoms with Crippen LogP contribution in [0.4, 0.5) is 14.5 Å². The minimum atomic E-state index is -1.22. The van der Waals surface area contributed by atoms with Crippen LogP contribution < -0.4 is 0 Å². The summed E-state index contributed by atoms with van der Waals surface area (Å²) in [7, 11) is 0. The van der Waals surface area contributed by atoms with Gasteiger partial charge in [0.25, 0.3) is 5.91 Å². The van der Waals surface area contributed by atoms with Gasteiger partial charge in [0.15, 0.2) is 0 Å². The zero-order valence-corrected chi connectivity index (χ0v) is 9.81. The fraction of sp³-hybridized carbons (Fsp3) is 0.250. The van der Waals surface area contributed by atoms with Crippen molar-refractivity contribution in [3.63, 3.8) is 0 Å². The molecule has 0 saturated carbocycles. The van der Waals surface area contributed by atoms with Gasteiger partial charge in [0, 0.05) is 13.1 Å². The van der Waals surface area contributed by atoms with Crippen LogP contribution in [0.25, 0.3) is 0 Å². The van der Waals surface area contributed by atoms with Gasteiger partial charge in [-0.25, -0.2) is 4.39 Å². The Labute approximate surface area is 107 Å². The summed E-state index contributed by atoms with van der Waals surface area (Å²) in [6.07, 6.45) is 4.28. The molecule has 2 rings (SSSR count). The highest BCUT2D eigenvalue weighted by Gasteiger charge is 2.25. The van der Waals surface area contributed by atoms with Crippen LogP contribution in [0.3, 0.4) is 0 Å². The molecule has 1 amide bonds. The van der Waals surface area contributed by atoms with Crippen LogP contribution in [-0.2, 0) is 0 Å². The zero-order chi connectivity index (χ0) is 14.0. The van der Waals surface area contributed by atoms with E-state index in [1.54, 1.807) is 6.08 Å². The first-order chi connectivity index (χ1) is 9.00. The van der Waals surface area contributed by atoms with E-state index in [9.17, 15) is 23.7 Å². The number of carbonyl (C=O) groups excluding carboxylic acids is 1. The normalized spacial score (nSPS) is 14.5. The second-order valence-corrected chi connectivity index (χ2v) is 4.05. The second-order valence-electron chi connectivity index (χ2n) is 4.05. The number of rotatable bonds is 2. The fourth-order valence-corrected chi connectivity index (χ4v) is 1.84. The van der Waals surface area contributed by atoms with Gasteiger partial charge in [-0.2, -0.15) is 4.39 Å². The predicted molar refractivity (Wildman–Crippen MR) is 62.7 cm³/mol. The Kier molecular flexibility index (Phi) is 3.55. The molecular weight excluding hydrogens is 258 g/mol. The SMILES string of the molecule is O=C(c1cc(F)c([N+](=O)[O-])cc1F)N1CC=CCC1. The van der Waals surface area contributed by atoms with Crippen LogP contribution in [-0.4, -0.2) is 28.8 Å². The van der Waals surface area contributed by atoms with Crippen LogP contribution in [0.2, 0.25) is 0 Å². The minimum Gasteiger partial charge on any atom is -0.335 e. The molecule has 0 N–H and O–H groups in total. The molecule has 0 spiro atoms. The zero-order valence-electron chi connectivity index (χ0n) is 9.81. The molecule has 5 nitrogen and oxygen atoms in total. The molecule has 19 heavy (non-hydrogen) atoms. The molecule has 0 fully saturated rings. The maximum absolute atomic E-state index is 13.7.